The summed E-state index contributed by atoms with van der Waals surface area (Å²) < 4.78 is 50.5. The molecule has 0 saturated carbocycles. The van der Waals surface area contributed by atoms with Crippen molar-refractivity contribution in [3.05, 3.63) is 53.6 Å². The smallest absolute Gasteiger partial charge is 0.418 e. The lowest BCUT2D eigenvalue weighted by Gasteiger charge is -2.18. The molecule has 1 N–H and O–H groups in total. The van der Waals surface area contributed by atoms with Crippen LogP contribution in [0.4, 0.5) is 24.5 Å². The summed E-state index contributed by atoms with van der Waals surface area (Å²) in [4.78, 5) is 13.7. The number of nitriles is 1. The maximum absolute atomic E-state index is 13.4. The van der Waals surface area contributed by atoms with Crippen LogP contribution in [0.15, 0.2) is 42.5 Å². The van der Waals surface area contributed by atoms with Crippen molar-refractivity contribution >= 4 is 23.4 Å². The first kappa shape index (κ1) is 22.6. The molecule has 0 heterocycles. The Kier molecular flexibility index (Phi) is 7.31. The van der Waals surface area contributed by atoms with Crippen molar-refractivity contribution in [2.45, 2.75) is 6.18 Å². The standard InChI is InChI=1S/C21H20F3N3O3/c1-27(2)15-6-7-17(16(13-15)21(22,23)24)26-20(28)9-5-14-4-8-18(30-11-10-25)19(12-14)29-3/h4-9,12-13H,11H2,1-3H3,(H,26,28)/b9-5+. The van der Waals surface area contributed by atoms with Crippen LogP contribution >= 0.6 is 0 Å². The van der Waals surface area contributed by atoms with E-state index in [-0.39, 0.29) is 12.3 Å². The maximum Gasteiger partial charge on any atom is 0.418 e. The fraction of sp³-hybridized carbons (Fsp3) is 0.238. The zero-order chi connectivity index (χ0) is 22.3. The fourth-order valence-electron chi connectivity index (χ4n) is 2.52. The molecule has 2 aromatic carbocycles. The third kappa shape index (κ3) is 5.91. The Balaban J connectivity index is 2.19. The zero-order valence-electron chi connectivity index (χ0n) is 16.6. The number of nitrogens with one attached hydrogen (secondary N) is 1. The number of ether oxygens (including phenoxy) is 2. The van der Waals surface area contributed by atoms with E-state index >= 15 is 0 Å². The number of amides is 1. The van der Waals surface area contributed by atoms with Gasteiger partial charge in [0.1, 0.15) is 6.07 Å². The SMILES string of the molecule is COc1cc(/C=C/C(=O)Nc2ccc(N(C)C)cc2C(F)(F)F)ccc1OCC#N. The molecule has 9 heteroatoms. The molecular formula is C21H20F3N3O3. The van der Waals surface area contributed by atoms with Gasteiger partial charge in [-0.05, 0) is 42.0 Å². The summed E-state index contributed by atoms with van der Waals surface area (Å²) in [6.45, 7) is -0.151. The first-order valence-corrected chi connectivity index (χ1v) is 8.71. The van der Waals surface area contributed by atoms with Gasteiger partial charge >= 0.3 is 6.18 Å². The minimum absolute atomic E-state index is 0.151. The molecule has 0 unspecified atom stereocenters. The summed E-state index contributed by atoms with van der Waals surface area (Å²) in [7, 11) is 4.67. The summed E-state index contributed by atoms with van der Waals surface area (Å²) in [5, 5.41) is 10.8. The van der Waals surface area contributed by atoms with E-state index < -0.39 is 17.6 Å². The van der Waals surface area contributed by atoms with Crippen molar-refractivity contribution in [3.8, 4) is 17.6 Å². The van der Waals surface area contributed by atoms with Gasteiger partial charge in [0.2, 0.25) is 5.91 Å². The average molecular weight is 419 g/mol. The number of methoxy groups -OCH3 is 1. The Hall–Kier alpha value is -3.67. The normalized spacial score (nSPS) is 11.1. The molecule has 0 radical (unpaired) electrons. The van der Waals surface area contributed by atoms with Crippen LogP contribution < -0.4 is 19.7 Å². The number of anilines is 2. The molecule has 158 valence electrons. The molecule has 1 amide bonds. The van der Waals surface area contributed by atoms with Crippen molar-refractivity contribution in [2.24, 2.45) is 0 Å². The van der Waals surface area contributed by atoms with Crippen LogP contribution in [-0.4, -0.2) is 33.7 Å². The lowest BCUT2D eigenvalue weighted by atomic mass is 10.1. The number of alkyl halides is 3. The number of hydrogen-bond donors (Lipinski definition) is 1. The summed E-state index contributed by atoms with van der Waals surface area (Å²) in [6.07, 6.45) is -2.08. The molecule has 0 fully saturated rings. The molecule has 0 atom stereocenters. The quantitative estimate of drug-likeness (QED) is 0.676. The molecule has 0 aliphatic rings. The molecule has 0 saturated heterocycles. The minimum atomic E-state index is -4.62. The number of rotatable bonds is 7. The van der Waals surface area contributed by atoms with Gasteiger partial charge in [0, 0.05) is 25.9 Å². The van der Waals surface area contributed by atoms with Crippen LogP contribution in [0.1, 0.15) is 11.1 Å². The first-order valence-electron chi connectivity index (χ1n) is 8.71. The molecule has 2 rings (SSSR count). The first-order chi connectivity index (χ1) is 14.2. The van der Waals surface area contributed by atoms with Gasteiger partial charge in [-0.15, -0.1) is 0 Å². The number of hydrogen-bond acceptors (Lipinski definition) is 5. The number of carbonyl (C=O) groups is 1. The molecule has 30 heavy (non-hydrogen) atoms. The van der Waals surface area contributed by atoms with E-state index in [4.69, 9.17) is 14.7 Å². The van der Waals surface area contributed by atoms with Crippen molar-refractivity contribution in [1.82, 2.24) is 0 Å². The predicted octanol–water partition coefficient (Wildman–Crippen LogP) is 4.33. The molecule has 0 aromatic heterocycles. The summed E-state index contributed by atoms with van der Waals surface area (Å²) in [5.41, 5.74) is -0.344. The van der Waals surface area contributed by atoms with Crippen LogP contribution in [0.5, 0.6) is 11.5 Å². The maximum atomic E-state index is 13.4. The molecule has 0 spiro atoms. The van der Waals surface area contributed by atoms with E-state index in [9.17, 15) is 18.0 Å². The Morgan fingerprint density at radius 2 is 1.93 bits per heavy atom. The Morgan fingerprint density at radius 3 is 2.53 bits per heavy atom. The molecule has 0 aliphatic carbocycles. The van der Waals surface area contributed by atoms with Gasteiger partial charge in [-0.2, -0.15) is 18.4 Å². The lowest BCUT2D eigenvalue weighted by Crippen LogP contribution is -2.16. The third-order valence-corrected chi connectivity index (χ3v) is 3.99. The summed E-state index contributed by atoms with van der Waals surface area (Å²) >= 11 is 0. The molecule has 0 aliphatic heterocycles. The largest absolute Gasteiger partial charge is 0.493 e. The van der Waals surface area contributed by atoms with Crippen LogP contribution in [0, 0.1) is 11.3 Å². The van der Waals surface area contributed by atoms with Crippen molar-refractivity contribution in [3.63, 3.8) is 0 Å². The highest BCUT2D eigenvalue weighted by atomic mass is 19.4. The molecule has 6 nitrogen and oxygen atoms in total. The fourth-order valence-corrected chi connectivity index (χ4v) is 2.52. The van der Waals surface area contributed by atoms with E-state index in [2.05, 4.69) is 5.32 Å². The van der Waals surface area contributed by atoms with E-state index in [1.807, 2.05) is 6.07 Å². The monoisotopic (exact) mass is 419 g/mol. The van der Waals surface area contributed by atoms with Crippen LogP contribution in [0.2, 0.25) is 0 Å². The van der Waals surface area contributed by atoms with Crippen molar-refractivity contribution < 1.29 is 27.4 Å². The summed E-state index contributed by atoms with van der Waals surface area (Å²) in [5.74, 6) is -0.00947. The highest BCUT2D eigenvalue weighted by molar-refractivity contribution is 6.02. The van der Waals surface area contributed by atoms with Crippen LogP contribution in [-0.2, 0) is 11.0 Å². The van der Waals surface area contributed by atoms with Crippen LogP contribution in [0.25, 0.3) is 6.08 Å². The van der Waals surface area contributed by atoms with Crippen molar-refractivity contribution in [2.75, 3.05) is 38.0 Å². The number of nitrogens with zero attached hydrogens (tertiary/aromatic N) is 2. The molecule has 2 aromatic rings. The number of benzene rings is 2. The van der Waals surface area contributed by atoms with Gasteiger partial charge in [0.15, 0.2) is 18.1 Å². The summed E-state index contributed by atoms with van der Waals surface area (Å²) in [6, 6.07) is 10.3. The van der Waals surface area contributed by atoms with E-state index in [1.165, 1.54) is 30.2 Å². The lowest BCUT2D eigenvalue weighted by molar-refractivity contribution is -0.136. The van der Waals surface area contributed by atoms with E-state index in [1.54, 1.807) is 32.3 Å². The minimum Gasteiger partial charge on any atom is -0.493 e. The second-order valence-corrected chi connectivity index (χ2v) is 6.30. The Morgan fingerprint density at radius 1 is 1.20 bits per heavy atom. The zero-order valence-corrected chi connectivity index (χ0v) is 16.6. The number of carbonyl (C=O) groups excluding carboxylic acids is 1. The molecule has 0 bridgehead atoms. The highest BCUT2D eigenvalue weighted by Crippen LogP contribution is 2.37. The Labute approximate surface area is 172 Å². The number of halogens is 3. The van der Waals surface area contributed by atoms with Crippen LogP contribution in [0.3, 0.4) is 0 Å². The van der Waals surface area contributed by atoms with Gasteiger partial charge in [-0.1, -0.05) is 6.07 Å². The van der Waals surface area contributed by atoms with Gasteiger partial charge in [-0.3, -0.25) is 4.79 Å². The van der Waals surface area contributed by atoms with Gasteiger partial charge in [0.25, 0.3) is 0 Å². The molecular weight excluding hydrogens is 399 g/mol. The van der Waals surface area contributed by atoms with Crippen molar-refractivity contribution in [1.29, 1.82) is 5.26 Å². The second kappa shape index (κ2) is 9.69. The Bertz CT molecular complexity index is 980. The van der Waals surface area contributed by atoms with Gasteiger partial charge in [-0.25, -0.2) is 0 Å². The predicted molar refractivity (Wildman–Crippen MR) is 108 cm³/mol. The second-order valence-electron chi connectivity index (χ2n) is 6.30. The topological polar surface area (TPSA) is 74.6 Å². The average Bonchev–Trinajstić information content (AvgIpc) is 2.70. The third-order valence-electron chi connectivity index (χ3n) is 3.99. The van der Waals surface area contributed by atoms with E-state index in [0.717, 1.165) is 12.1 Å². The van der Waals surface area contributed by atoms with Gasteiger partial charge in [0.05, 0.1) is 18.4 Å². The van der Waals surface area contributed by atoms with E-state index in [0.29, 0.717) is 22.7 Å². The van der Waals surface area contributed by atoms with Gasteiger partial charge < -0.3 is 19.7 Å². The highest BCUT2D eigenvalue weighted by Gasteiger charge is 2.34.